The van der Waals surface area contributed by atoms with Crippen LogP contribution in [0.5, 0.6) is 0 Å². The number of hydrogen-bond acceptors (Lipinski definition) is 7. The molecule has 0 radical (unpaired) electrons. The van der Waals surface area contributed by atoms with Crippen LogP contribution in [-0.4, -0.2) is 63.7 Å². The van der Waals surface area contributed by atoms with Crippen molar-refractivity contribution < 1.29 is 34.8 Å². The van der Waals surface area contributed by atoms with E-state index in [1.807, 2.05) is 0 Å². The standard InChI is InChI=1S/C16H24O7/c1-8(14(21)23-3)11-9(18)6-15(2)10(19)4-5-16(22,7-17)13(15)12(11)20/h9,11-13,17-18,20,22H,1,4-7H2,2-3H3/t9-,11-,12-,13-,15+,16+/m0/s1. The Bertz CT molecular complexity index is 531. The number of ketones is 1. The number of carbonyl (C=O) groups excluding carboxylic acids is 2. The molecular formula is C16H24O7. The van der Waals surface area contributed by atoms with Crippen LogP contribution in [0.4, 0.5) is 0 Å². The van der Waals surface area contributed by atoms with Crippen LogP contribution in [0.1, 0.15) is 26.2 Å². The third-order valence-electron chi connectivity index (χ3n) is 5.57. The Balaban J connectivity index is 2.47. The molecule has 0 aromatic heterocycles. The monoisotopic (exact) mass is 328 g/mol. The van der Waals surface area contributed by atoms with Crippen molar-refractivity contribution in [2.45, 2.75) is 44.0 Å². The molecule has 0 heterocycles. The predicted molar refractivity (Wildman–Crippen MR) is 79.2 cm³/mol. The van der Waals surface area contributed by atoms with Gasteiger partial charge in [-0.15, -0.1) is 0 Å². The normalized spacial score (nSPS) is 43.7. The van der Waals surface area contributed by atoms with Crippen LogP contribution in [0.3, 0.4) is 0 Å². The third-order valence-corrected chi connectivity index (χ3v) is 5.57. The summed E-state index contributed by atoms with van der Waals surface area (Å²) in [6.07, 6.45) is -2.53. The average Bonchev–Trinajstić information content (AvgIpc) is 2.49. The molecule has 0 saturated heterocycles. The molecule has 130 valence electrons. The Morgan fingerprint density at radius 1 is 1.43 bits per heavy atom. The van der Waals surface area contributed by atoms with Gasteiger partial charge in [-0.05, 0) is 12.8 Å². The van der Waals surface area contributed by atoms with Crippen molar-refractivity contribution in [3.05, 3.63) is 12.2 Å². The van der Waals surface area contributed by atoms with Crippen LogP contribution in [0.2, 0.25) is 0 Å². The Labute approximate surface area is 134 Å². The van der Waals surface area contributed by atoms with Gasteiger partial charge in [-0.25, -0.2) is 4.79 Å². The van der Waals surface area contributed by atoms with Gasteiger partial charge in [0.1, 0.15) is 5.78 Å². The van der Waals surface area contributed by atoms with Gasteiger partial charge in [0.2, 0.25) is 0 Å². The van der Waals surface area contributed by atoms with Gasteiger partial charge >= 0.3 is 5.97 Å². The van der Waals surface area contributed by atoms with Gasteiger partial charge in [0, 0.05) is 29.2 Å². The Kier molecular flexibility index (Phi) is 4.69. The average molecular weight is 328 g/mol. The number of esters is 1. The number of Topliss-reactive ketones (excluding diaryl/α,β-unsaturated/α-hetero) is 1. The minimum atomic E-state index is -1.66. The van der Waals surface area contributed by atoms with Crippen molar-refractivity contribution in [1.82, 2.24) is 0 Å². The van der Waals surface area contributed by atoms with Crippen LogP contribution in [-0.2, 0) is 14.3 Å². The number of ether oxygens (including phenoxy) is 1. The van der Waals surface area contributed by atoms with Crippen molar-refractivity contribution in [1.29, 1.82) is 0 Å². The number of aliphatic hydroxyl groups is 4. The van der Waals surface area contributed by atoms with E-state index < -0.39 is 47.6 Å². The smallest absolute Gasteiger partial charge is 0.333 e. The molecule has 0 aromatic rings. The zero-order valence-corrected chi connectivity index (χ0v) is 13.4. The summed E-state index contributed by atoms with van der Waals surface area (Å²) in [5, 5.41) is 41.5. The molecule has 2 aliphatic carbocycles. The van der Waals surface area contributed by atoms with Crippen LogP contribution < -0.4 is 0 Å². The number of rotatable bonds is 3. The summed E-state index contributed by atoms with van der Waals surface area (Å²) in [4.78, 5) is 24.1. The Hall–Kier alpha value is -1.28. The van der Waals surface area contributed by atoms with E-state index in [2.05, 4.69) is 11.3 Å². The van der Waals surface area contributed by atoms with Gasteiger partial charge in [-0.2, -0.15) is 0 Å². The molecule has 0 amide bonds. The van der Waals surface area contributed by atoms with Crippen LogP contribution in [0, 0.1) is 17.3 Å². The fourth-order valence-electron chi connectivity index (χ4n) is 4.35. The summed E-state index contributed by atoms with van der Waals surface area (Å²) in [6, 6.07) is 0. The highest BCUT2D eigenvalue weighted by atomic mass is 16.5. The van der Waals surface area contributed by atoms with E-state index >= 15 is 0 Å². The highest BCUT2D eigenvalue weighted by Gasteiger charge is 2.63. The molecule has 7 nitrogen and oxygen atoms in total. The summed E-state index contributed by atoms with van der Waals surface area (Å²) >= 11 is 0. The molecule has 2 saturated carbocycles. The topological polar surface area (TPSA) is 124 Å². The molecule has 0 aliphatic heterocycles. The van der Waals surface area contributed by atoms with Crippen LogP contribution in [0.15, 0.2) is 12.2 Å². The second-order valence-corrected chi connectivity index (χ2v) is 6.88. The first-order valence-electron chi connectivity index (χ1n) is 7.62. The van der Waals surface area contributed by atoms with E-state index in [1.54, 1.807) is 6.92 Å². The summed E-state index contributed by atoms with van der Waals surface area (Å²) in [5.41, 5.74) is -2.95. The summed E-state index contributed by atoms with van der Waals surface area (Å²) < 4.78 is 4.58. The molecule has 0 spiro atoms. The first kappa shape index (κ1) is 18.1. The highest BCUT2D eigenvalue weighted by molar-refractivity contribution is 5.89. The van der Waals surface area contributed by atoms with Crippen molar-refractivity contribution in [2.24, 2.45) is 17.3 Å². The van der Waals surface area contributed by atoms with E-state index in [0.29, 0.717) is 0 Å². The van der Waals surface area contributed by atoms with Crippen molar-refractivity contribution in [3.8, 4) is 0 Å². The summed E-state index contributed by atoms with van der Waals surface area (Å²) in [5.74, 6) is -3.02. The molecule has 6 atom stereocenters. The number of carbonyl (C=O) groups is 2. The third kappa shape index (κ3) is 2.61. The van der Waals surface area contributed by atoms with Crippen molar-refractivity contribution >= 4 is 11.8 Å². The van der Waals surface area contributed by atoms with Gasteiger partial charge in [0.25, 0.3) is 0 Å². The maximum Gasteiger partial charge on any atom is 0.333 e. The fraction of sp³-hybridized carbons (Fsp3) is 0.750. The van der Waals surface area contributed by atoms with Gasteiger partial charge in [-0.1, -0.05) is 13.5 Å². The van der Waals surface area contributed by atoms with Crippen molar-refractivity contribution in [3.63, 3.8) is 0 Å². The maximum absolute atomic E-state index is 12.4. The zero-order valence-electron chi connectivity index (χ0n) is 13.4. The van der Waals surface area contributed by atoms with Gasteiger partial charge in [0.05, 0.1) is 31.5 Å². The Morgan fingerprint density at radius 3 is 2.57 bits per heavy atom. The summed E-state index contributed by atoms with van der Waals surface area (Å²) in [7, 11) is 1.16. The molecule has 4 N–H and O–H groups in total. The Morgan fingerprint density at radius 2 is 2.04 bits per heavy atom. The first-order valence-corrected chi connectivity index (χ1v) is 7.62. The lowest BCUT2D eigenvalue weighted by molar-refractivity contribution is -0.213. The SMILES string of the molecule is C=C(C(=O)OC)[C@@H]1[C@H](O)[C@@H]2[C@](O)(CO)CCC(=O)[C@@]2(C)C[C@@H]1O. The molecule has 2 fully saturated rings. The second-order valence-electron chi connectivity index (χ2n) is 6.88. The van der Waals surface area contributed by atoms with E-state index in [1.165, 1.54) is 0 Å². The maximum atomic E-state index is 12.4. The number of aliphatic hydroxyl groups excluding tert-OH is 3. The number of methoxy groups -OCH3 is 1. The molecule has 7 heteroatoms. The van der Waals surface area contributed by atoms with E-state index in [9.17, 15) is 30.0 Å². The lowest BCUT2D eigenvalue weighted by Crippen LogP contribution is -2.66. The summed E-state index contributed by atoms with van der Waals surface area (Å²) in [6.45, 7) is 4.53. The quantitative estimate of drug-likeness (QED) is 0.393. The largest absolute Gasteiger partial charge is 0.466 e. The van der Waals surface area contributed by atoms with E-state index in [-0.39, 0.29) is 30.6 Å². The predicted octanol–water partition coefficient (Wildman–Crippen LogP) is -0.834. The molecule has 23 heavy (non-hydrogen) atoms. The minimum absolute atomic E-state index is 0.0210. The van der Waals surface area contributed by atoms with Crippen LogP contribution in [0.25, 0.3) is 0 Å². The van der Waals surface area contributed by atoms with Gasteiger partial charge < -0.3 is 25.2 Å². The lowest BCUT2D eigenvalue weighted by Gasteiger charge is -2.56. The van der Waals surface area contributed by atoms with Crippen molar-refractivity contribution in [2.75, 3.05) is 13.7 Å². The molecule has 2 aliphatic rings. The molecule has 0 bridgehead atoms. The number of hydrogen-bond donors (Lipinski definition) is 4. The number of fused-ring (bicyclic) bond motifs is 1. The lowest BCUT2D eigenvalue weighted by atomic mass is 9.50. The van der Waals surface area contributed by atoms with E-state index in [4.69, 9.17) is 0 Å². The first-order chi connectivity index (χ1) is 10.6. The molecule has 0 unspecified atom stereocenters. The fourth-order valence-corrected chi connectivity index (χ4v) is 4.35. The van der Waals surface area contributed by atoms with Crippen LogP contribution >= 0.6 is 0 Å². The molecule has 0 aromatic carbocycles. The second kappa shape index (κ2) is 5.98. The molecular weight excluding hydrogens is 304 g/mol. The molecule has 2 rings (SSSR count). The zero-order chi connectivity index (χ0) is 17.6. The van der Waals surface area contributed by atoms with Gasteiger partial charge in [0.15, 0.2) is 0 Å². The van der Waals surface area contributed by atoms with E-state index in [0.717, 1.165) is 7.11 Å². The van der Waals surface area contributed by atoms with Gasteiger partial charge in [-0.3, -0.25) is 4.79 Å². The highest BCUT2D eigenvalue weighted by Crippen LogP contribution is 2.54. The minimum Gasteiger partial charge on any atom is -0.466 e.